The van der Waals surface area contributed by atoms with Crippen molar-refractivity contribution in [3.05, 3.63) is 74.7 Å². The lowest BCUT2D eigenvalue weighted by atomic mass is 10.1. The van der Waals surface area contributed by atoms with Crippen molar-refractivity contribution in [2.45, 2.75) is 13.8 Å². The number of aliphatic imine (C=N–C) groups is 1. The zero-order chi connectivity index (χ0) is 19.8. The molecule has 4 aromatic rings. The number of aromatic hydroxyl groups is 1. The van der Waals surface area contributed by atoms with Crippen LogP contribution in [0, 0.1) is 13.8 Å². The van der Waals surface area contributed by atoms with Crippen LogP contribution in [-0.2, 0) is 0 Å². The Balaban J connectivity index is 1.69. The number of hydrogen-bond donors (Lipinski definition) is 1. The highest BCUT2D eigenvalue weighted by Gasteiger charge is 2.10. The van der Waals surface area contributed by atoms with E-state index in [1.54, 1.807) is 18.3 Å². The van der Waals surface area contributed by atoms with Crippen molar-refractivity contribution in [1.29, 1.82) is 0 Å². The lowest BCUT2D eigenvalue weighted by Crippen LogP contribution is -1.84. The average molecular weight is 456 g/mol. The minimum absolute atomic E-state index is 0.00513. The standard InChI is InChI=1S/C22H16BrClN2O2/c1-12-6-19-20(7-13(12)2)28-22(26-19)14-4-3-5-17(9-14)25-11-15-8-16(23)10-18(24)21(15)27/h3-11,27H,1-2H3. The highest BCUT2D eigenvalue weighted by atomic mass is 79.9. The Morgan fingerprint density at radius 1 is 1.11 bits per heavy atom. The summed E-state index contributed by atoms with van der Waals surface area (Å²) in [5, 5.41) is 10.4. The molecule has 1 aromatic heterocycles. The molecule has 140 valence electrons. The maximum atomic E-state index is 10.1. The summed E-state index contributed by atoms with van der Waals surface area (Å²) >= 11 is 9.37. The van der Waals surface area contributed by atoms with Gasteiger partial charge in [0.05, 0.1) is 10.7 Å². The van der Waals surface area contributed by atoms with E-state index in [-0.39, 0.29) is 10.8 Å². The van der Waals surface area contributed by atoms with Crippen LogP contribution in [0.1, 0.15) is 16.7 Å². The summed E-state index contributed by atoms with van der Waals surface area (Å²) < 4.78 is 6.70. The van der Waals surface area contributed by atoms with Crippen molar-refractivity contribution in [1.82, 2.24) is 4.98 Å². The van der Waals surface area contributed by atoms with Gasteiger partial charge in [-0.05, 0) is 67.4 Å². The molecular formula is C22H16BrClN2O2. The molecule has 0 unspecified atom stereocenters. The normalized spacial score (nSPS) is 11.6. The molecule has 6 heteroatoms. The molecule has 0 fully saturated rings. The number of nitrogens with zero attached hydrogens (tertiary/aromatic N) is 2. The van der Waals surface area contributed by atoms with Gasteiger partial charge in [-0.25, -0.2) is 4.98 Å². The van der Waals surface area contributed by atoms with E-state index in [0.29, 0.717) is 17.1 Å². The molecule has 3 aromatic carbocycles. The van der Waals surface area contributed by atoms with Gasteiger partial charge in [0.25, 0.3) is 0 Å². The number of hydrogen-bond acceptors (Lipinski definition) is 4. The molecule has 0 aliphatic heterocycles. The summed E-state index contributed by atoms with van der Waals surface area (Å²) in [4.78, 5) is 9.05. The van der Waals surface area contributed by atoms with Gasteiger partial charge in [-0.1, -0.05) is 33.6 Å². The average Bonchev–Trinajstić information content (AvgIpc) is 3.07. The smallest absolute Gasteiger partial charge is 0.227 e. The number of fused-ring (bicyclic) bond motifs is 1. The lowest BCUT2D eigenvalue weighted by molar-refractivity contribution is 0.474. The van der Waals surface area contributed by atoms with Crippen LogP contribution in [0.2, 0.25) is 5.02 Å². The molecule has 0 atom stereocenters. The van der Waals surface area contributed by atoms with Crippen LogP contribution in [-0.4, -0.2) is 16.3 Å². The van der Waals surface area contributed by atoms with E-state index in [1.807, 2.05) is 36.4 Å². The Kier molecular flexibility index (Phi) is 4.96. The van der Waals surface area contributed by atoms with Gasteiger partial charge >= 0.3 is 0 Å². The quantitative estimate of drug-likeness (QED) is 0.339. The number of halogens is 2. The minimum atomic E-state index is -0.00513. The highest BCUT2D eigenvalue weighted by Crippen LogP contribution is 2.31. The third-order valence-electron chi connectivity index (χ3n) is 4.51. The molecule has 0 aliphatic carbocycles. The first kappa shape index (κ1) is 18.7. The lowest BCUT2D eigenvalue weighted by Gasteiger charge is -2.03. The fourth-order valence-electron chi connectivity index (χ4n) is 2.85. The first-order valence-electron chi connectivity index (χ1n) is 8.61. The third-order valence-corrected chi connectivity index (χ3v) is 5.25. The summed E-state index contributed by atoms with van der Waals surface area (Å²) in [6.45, 7) is 4.11. The van der Waals surface area contributed by atoms with Gasteiger partial charge in [-0.15, -0.1) is 0 Å². The predicted octanol–water partition coefficient (Wildman–Crippen LogP) is 6.98. The molecular weight excluding hydrogens is 440 g/mol. The molecule has 0 amide bonds. The summed E-state index contributed by atoms with van der Waals surface area (Å²) in [6, 6.07) is 15.0. The van der Waals surface area contributed by atoms with E-state index < -0.39 is 0 Å². The molecule has 0 saturated heterocycles. The summed E-state index contributed by atoms with van der Waals surface area (Å²) in [5.74, 6) is 0.542. The van der Waals surface area contributed by atoms with Crippen LogP contribution in [0.15, 0.2) is 62.4 Å². The van der Waals surface area contributed by atoms with Crippen LogP contribution < -0.4 is 0 Å². The molecule has 0 bridgehead atoms. The van der Waals surface area contributed by atoms with E-state index in [1.165, 1.54) is 11.1 Å². The van der Waals surface area contributed by atoms with Crippen LogP contribution in [0.3, 0.4) is 0 Å². The van der Waals surface area contributed by atoms with Crippen LogP contribution >= 0.6 is 27.5 Å². The van der Waals surface area contributed by atoms with Gasteiger partial charge in [-0.3, -0.25) is 4.99 Å². The first-order valence-corrected chi connectivity index (χ1v) is 9.78. The SMILES string of the molecule is Cc1cc2nc(-c3cccc(N=Cc4cc(Br)cc(Cl)c4O)c3)oc2cc1C. The van der Waals surface area contributed by atoms with Crippen molar-refractivity contribution in [3.8, 4) is 17.2 Å². The van der Waals surface area contributed by atoms with Gasteiger partial charge in [0.2, 0.25) is 5.89 Å². The van der Waals surface area contributed by atoms with E-state index in [9.17, 15) is 5.11 Å². The first-order chi connectivity index (χ1) is 13.4. The predicted molar refractivity (Wildman–Crippen MR) is 117 cm³/mol. The third kappa shape index (κ3) is 3.68. The Bertz CT molecular complexity index is 1190. The van der Waals surface area contributed by atoms with Crippen molar-refractivity contribution in [2.24, 2.45) is 4.99 Å². The van der Waals surface area contributed by atoms with Gasteiger partial charge in [0, 0.05) is 21.8 Å². The fraction of sp³-hybridized carbons (Fsp3) is 0.0909. The molecule has 0 aliphatic rings. The number of phenols is 1. The van der Waals surface area contributed by atoms with Gasteiger partial charge in [-0.2, -0.15) is 0 Å². The Morgan fingerprint density at radius 2 is 1.89 bits per heavy atom. The van der Waals surface area contributed by atoms with E-state index in [4.69, 9.17) is 16.0 Å². The second-order valence-corrected chi connectivity index (χ2v) is 7.88. The second-order valence-electron chi connectivity index (χ2n) is 6.56. The topological polar surface area (TPSA) is 58.6 Å². The summed E-state index contributed by atoms with van der Waals surface area (Å²) in [7, 11) is 0. The second kappa shape index (κ2) is 7.41. The number of phenolic OH excluding ortho intramolecular Hbond substituents is 1. The van der Waals surface area contributed by atoms with Gasteiger partial charge in [0.15, 0.2) is 5.58 Å². The number of rotatable bonds is 3. The molecule has 0 spiro atoms. The maximum absolute atomic E-state index is 10.1. The molecule has 4 rings (SSSR count). The zero-order valence-electron chi connectivity index (χ0n) is 15.2. The summed E-state index contributed by atoms with van der Waals surface area (Å²) in [6.07, 6.45) is 1.57. The van der Waals surface area contributed by atoms with Gasteiger partial charge < -0.3 is 9.52 Å². The Labute approximate surface area is 175 Å². The van der Waals surface area contributed by atoms with Crippen LogP contribution in [0.5, 0.6) is 5.75 Å². The summed E-state index contributed by atoms with van der Waals surface area (Å²) in [5.41, 5.74) is 6.01. The van der Waals surface area contributed by atoms with Crippen LogP contribution in [0.4, 0.5) is 5.69 Å². The number of aryl methyl sites for hydroxylation is 2. The highest BCUT2D eigenvalue weighted by molar-refractivity contribution is 9.10. The van der Waals surface area contributed by atoms with Crippen molar-refractivity contribution < 1.29 is 9.52 Å². The van der Waals surface area contributed by atoms with E-state index in [0.717, 1.165) is 21.1 Å². The van der Waals surface area contributed by atoms with Crippen molar-refractivity contribution in [2.75, 3.05) is 0 Å². The molecule has 1 N–H and O–H groups in total. The fourth-order valence-corrected chi connectivity index (χ4v) is 3.69. The van der Waals surface area contributed by atoms with Gasteiger partial charge in [0.1, 0.15) is 11.3 Å². The largest absolute Gasteiger partial charge is 0.506 e. The van der Waals surface area contributed by atoms with Crippen molar-refractivity contribution in [3.63, 3.8) is 0 Å². The molecule has 4 nitrogen and oxygen atoms in total. The van der Waals surface area contributed by atoms with Crippen molar-refractivity contribution >= 4 is 50.5 Å². The Hall–Kier alpha value is -2.63. The van der Waals surface area contributed by atoms with Crippen LogP contribution in [0.25, 0.3) is 22.6 Å². The minimum Gasteiger partial charge on any atom is -0.506 e. The molecule has 0 saturated carbocycles. The maximum Gasteiger partial charge on any atom is 0.227 e. The molecule has 1 heterocycles. The van der Waals surface area contributed by atoms with E-state index >= 15 is 0 Å². The zero-order valence-corrected chi connectivity index (χ0v) is 17.5. The molecule has 0 radical (unpaired) electrons. The Morgan fingerprint density at radius 3 is 2.71 bits per heavy atom. The monoisotopic (exact) mass is 454 g/mol. The molecule has 28 heavy (non-hydrogen) atoms. The number of benzene rings is 3. The van der Waals surface area contributed by atoms with E-state index in [2.05, 4.69) is 39.8 Å². The number of aromatic nitrogens is 1. The number of oxazole rings is 1.